The van der Waals surface area contributed by atoms with Crippen molar-refractivity contribution in [3.05, 3.63) is 32.7 Å². The van der Waals surface area contributed by atoms with Crippen LogP contribution >= 0.6 is 27.5 Å². The van der Waals surface area contributed by atoms with E-state index in [2.05, 4.69) is 25.9 Å². The Morgan fingerprint density at radius 1 is 1.21 bits per heavy atom. The van der Waals surface area contributed by atoms with Crippen molar-refractivity contribution < 1.29 is 17.6 Å². The second kappa shape index (κ2) is 4.82. The van der Waals surface area contributed by atoms with Crippen molar-refractivity contribution in [1.29, 1.82) is 0 Å². The highest BCUT2D eigenvalue weighted by molar-refractivity contribution is 9.10. The number of H-pyrrole nitrogens is 2. The number of nitrogens with one attached hydrogen (secondary N) is 2. The topological polar surface area (TPSA) is 48.6 Å². The molecule has 104 valence electrons. The van der Waals surface area contributed by atoms with Crippen molar-refractivity contribution in [2.24, 2.45) is 0 Å². The fourth-order valence-electron chi connectivity index (χ4n) is 1.58. The van der Waals surface area contributed by atoms with Gasteiger partial charge in [-0.3, -0.25) is 0 Å². The van der Waals surface area contributed by atoms with Crippen molar-refractivity contribution in [3.8, 4) is 0 Å². The predicted molar refractivity (Wildman–Crippen MR) is 66.2 cm³/mol. The zero-order valence-corrected chi connectivity index (χ0v) is 11.3. The maximum absolute atomic E-state index is 13.2. The molecule has 0 aliphatic rings. The van der Waals surface area contributed by atoms with Gasteiger partial charge in [0.2, 0.25) is 0 Å². The third-order valence-electron chi connectivity index (χ3n) is 2.54. The Morgan fingerprint density at radius 3 is 2.26 bits per heavy atom. The smallest absolute Gasteiger partial charge is 0.306 e. The van der Waals surface area contributed by atoms with E-state index in [1.807, 2.05) is 0 Å². The molecular weight excluding hydrogens is 355 g/mol. The van der Waals surface area contributed by atoms with Gasteiger partial charge in [-0.1, -0.05) is 15.9 Å². The van der Waals surface area contributed by atoms with E-state index in [4.69, 9.17) is 11.6 Å². The lowest BCUT2D eigenvalue weighted by molar-refractivity contribution is -0.130. The number of hydrogen-bond donors (Lipinski definition) is 2. The standard InChI is InChI=1S/C10H6BrClF4N2O/c11-4-2-6-5(17-9(19)18-6)1-3(4)7(12)10(15,16)8(13)14/h1-2,7-8H,(H2,17,18,19). The maximum Gasteiger partial charge on any atom is 0.327 e. The average molecular weight is 362 g/mol. The fraction of sp³-hybridized carbons (Fsp3) is 0.300. The number of aromatic amines is 2. The van der Waals surface area contributed by atoms with E-state index in [9.17, 15) is 22.4 Å². The monoisotopic (exact) mass is 360 g/mol. The maximum atomic E-state index is 13.2. The summed E-state index contributed by atoms with van der Waals surface area (Å²) in [5, 5.41) is -2.22. The van der Waals surface area contributed by atoms with Crippen LogP contribution in [0, 0.1) is 0 Å². The zero-order valence-electron chi connectivity index (χ0n) is 8.99. The highest BCUT2D eigenvalue weighted by Crippen LogP contribution is 2.44. The van der Waals surface area contributed by atoms with Crippen molar-refractivity contribution >= 4 is 38.6 Å². The van der Waals surface area contributed by atoms with E-state index >= 15 is 0 Å². The predicted octanol–water partition coefficient (Wildman–Crippen LogP) is 3.80. The minimum atomic E-state index is -4.38. The van der Waals surface area contributed by atoms with E-state index in [-0.39, 0.29) is 15.6 Å². The van der Waals surface area contributed by atoms with Crippen LogP contribution in [-0.4, -0.2) is 22.3 Å². The number of imidazole rings is 1. The van der Waals surface area contributed by atoms with Gasteiger partial charge in [0.15, 0.2) is 0 Å². The number of fused-ring (bicyclic) bond motifs is 1. The molecule has 9 heteroatoms. The molecule has 0 spiro atoms. The summed E-state index contributed by atoms with van der Waals surface area (Å²) in [5.74, 6) is -4.38. The first-order valence-corrected chi connectivity index (χ1v) is 6.18. The molecule has 19 heavy (non-hydrogen) atoms. The SMILES string of the molecule is O=c1[nH]c2cc(Br)c(C(Cl)C(F)(F)C(F)F)cc2[nH]1. The molecule has 0 fully saturated rings. The lowest BCUT2D eigenvalue weighted by atomic mass is 10.1. The highest BCUT2D eigenvalue weighted by Gasteiger charge is 2.49. The van der Waals surface area contributed by atoms with Crippen LogP contribution < -0.4 is 5.69 Å². The van der Waals surface area contributed by atoms with Gasteiger partial charge in [-0.25, -0.2) is 13.6 Å². The van der Waals surface area contributed by atoms with Gasteiger partial charge in [0.05, 0.1) is 11.0 Å². The van der Waals surface area contributed by atoms with Crippen molar-refractivity contribution in [2.75, 3.05) is 0 Å². The van der Waals surface area contributed by atoms with E-state index in [0.29, 0.717) is 5.52 Å². The molecular formula is C10H6BrClF4N2O. The quantitative estimate of drug-likeness (QED) is 0.634. The normalized spacial score (nSPS) is 14.3. The second-order valence-corrected chi connectivity index (χ2v) is 5.13. The summed E-state index contributed by atoms with van der Waals surface area (Å²) < 4.78 is 51.1. The van der Waals surface area contributed by atoms with E-state index in [1.54, 1.807) is 0 Å². The number of aromatic nitrogens is 2. The van der Waals surface area contributed by atoms with Gasteiger partial charge in [-0.2, -0.15) is 8.78 Å². The summed E-state index contributed by atoms with van der Waals surface area (Å²) in [6.45, 7) is 0. The summed E-state index contributed by atoms with van der Waals surface area (Å²) >= 11 is 8.41. The molecule has 2 N–H and O–H groups in total. The van der Waals surface area contributed by atoms with Gasteiger partial charge in [0.1, 0.15) is 5.38 Å². The molecule has 3 nitrogen and oxygen atoms in total. The fourth-order valence-corrected chi connectivity index (χ4v) is 2.56. The molecule has 1 atom stereocenters. The van der Waals surface area contributed by atoms with Crippen LogP contribution in [0.25, 0.3) is 11.0 Å². The summed E-state index contributed by atoms with van der Waals surface area (Å²) in [4.78, 5) is 15.8. The Labute approximate surface area is 117 Å². The average Bonchev–Trinajstić information content (AvgIpc) is 2.65. The van der Waals surface area contributed by atoms with Crippen LogP contribution in [0.2, 0.25) is 0 Å². The van der Waals surface area contributed by atoms with Gasteiger partial charge in [0, 0.05) is 4.47 Å². The molecule has 0 saturated heterocycles. The molecule has 2 aromatic rings. The Balaban J connectivity index is 2.55. The molecule has 1 aromatic carbocycles. The van der Waals surface area contributed by atoms with Gasteiger partial charge in [-0.15, -0.1) is 11.6 Å². The number of halogens is 6. The molecule has 1 heterocycles. The van der Waals surface area contributed by atoms with Crippen LogP contribution in [0.15, 0.2) is 21.4 Å². The molecule has 0 aliphatic carbocycles. The first-order chi connectivity index (χ1) is 8.73. The summed E-state index contributed by atoms with van der Waals surface area (Å²) in [6, 6.07) is 2.45. The third-order valence-corrected chi connectivity index (χ3v) is 3.75. The Bertz CT molecular complexity index is 669. The number of benzene rings is 1. The van der Waals surface area contributed by atoms with Gasteiger partial charge >= 0.3 is 18.0 Å². The van der Waals surface area contributed by atoms with Crippen LogP contribution in [0.4, 0.5) is 17.6 Å². The third kappa shape index (κ3) is 2.51. The van der Waals surface area contributed by atoms with E-state index in [0.717, 1.165) is 6.07 Å². The summed E-state index contributed by atoms with van der Waals surface area (Å²) in [5.41, 5.74) is -0.204. The number of hydrogen-bond acceptors (Lipinski definition) is 1. The Kier molecular flexibility index (Phi) is 3.65. The minimum absolute atomic E-state index is 0.107. The van der Waals surface area contributed by atoms with Gasteiger partial charge in [0.25, 0.3) is 0 Å². The van der Waals surface area contributed by atoms with Crippen LogP contribution in [0.5, 0.6) is 0 Å². The first kappa shape index (κ1) is 14.4. The number of alkyl halides is 5. The summed E-state index contributed by atoms with van der Waals surface area (Å²) in [6.07, 6.45) is -3.89. The lowest BCUT2D eigenvalue weighted by Gasteiger charge is -2.22. The highest BCUT2D eigenvalue weighted by atomic mass is 79.9. The molecule has 1 aromatic heterocycles. The molecule has 2 rings (SSSR count). The van der Waals surface area contributed by atoms with Crippen LogP contribution in [0.3, 0.4) is 0 Å². The zero-order chi connectivity index (χ0) is 14.4. The number of rotatable bonds is 3. The minimum Gasteiger partial charge on any atom is -0.306 e. The van der Waals surface area contributed by atoms with Crippen molar-refractivity contribution in [1.82, 2.24) is 9.97 Å². The lowest BCUT2D eigenvalue weighted by Crippen LogP contribution is -2.31. The first-order valence-electron chi connectivity index (χ1n) is 4.95. The largest absolute Gasteiger partial charge is 0.327 e. The molecule has 0 amide bonds. The van der Waals surface area contributed by atoms with E-state index < -0.39 is 23.4 Å². The Hall–Kier alpha value is -1.02. The van der Waals surface area contributed by atoms with Crippen molar-refractivity contribution in [3.63, 3.8) is 0 Å². The van der Waals surface area contributed by atoms with Crippen molar-refractivity contribution in [2.45, 2.75) is 17.7 Å². The Morgan fingerprint density at radius 2 is 1.74 bits per heavy atom. The second-order valence-electron chi connectivity index (χ2n) is 3.84. The summed E-state index contributed by atoms with van der Waals surface area (Å²) in [7, 11) is 0. The molecule has 1 unspecified atom stereocenters. The molecule has 0 saturated carbocycles. The van der Waals surface area contributed by atoms with Crippen LogP contribution in [-0.2, 0) is 0 Å². The van der Waals surface area contributed by atoms with Crippen LogP contribution in [0.1, 0.15) is 10.9 Å². The van der Waals surface area contributed by atoms with Gasteiger partial charge in [-0.05, 0) is 17.7 Å². The molecule has 0 bridgehead atoms. The van der Waals surface area contributed by atoms with E-state index in [1.165, 1.54) is 6.07 Å². The molecule has 0 aliphatic heterocycles. The molecule has 0 radical (unpaired) electrons. The van der Waals surface area contributed by atoms with Gasteiger partial charge < -0.3 is 9.97 Å².